The Kier molecular flexibility index (Phi) is 3.25. The summed E-state index contributed by atoms with van der Waals surface area (Å²) in [6, 6.07) is 7.23. The van der Waals surface area contributed by atoms with Crippen LogP contribution < -0.4 is 0 Å². The Morgan fingerprint density at radius 3 is 2.88 bits per heavy atom. The van der Waals surface area contributed by atoms with E-state index in [4.69, 9.17) is 11.6 Å². The summed E-state index contributed by atoms with van der Waals surface area (Å²) in [7, 11) is 0. The molecular weight excluding hydrogens is 226 g/mol. The predicted octanol–water partition coefficient (Wildman–Crippen LogP) is 1.68. The number of carbonyl (C=O) groups excluding carboxylic acids is 2. The van der Waals surface area contributed by atoms with Crippen LogP contribution in [0.25, 0.3) is 0 Å². The molecule has 0 atom stereocenters. The van der Waals surface area contributed by atoms with Gasteiger partial charge in [-0.3, -0.25) is 9.59 Å². The van der Waals surface area contributed by atoms with Gasteiger partial charge in [0.25, 0.3) is 0 Å². The average molecular weight is 238 g/mol. The molecule has 84 valence electrons. The molecule has 0 aliphatic carbocycles. The molecule has 0 unspecified atom stereocenters. The zero-order chi connectivity index (χ0) is 11.5. The smallest absolute Gasteiger partial charge is 0.227 e. The van der Waals surface area contributed by atoms with Crippen LogP contribution >= 0.6 is 11.6 Å². The molecule has 0 spiro atoms. The third-order valence-corrected chi connectivity index (χ3v) is 2.86. The lowest BCUT2D eigenvalue weighted by atomic mass is 10.1. The molecule has 4 heteroatoms. The van der Waals surface area contributed by atoms with Gasteiger partial charge in [-0.05, 0) is 17.7 Å². The first-order valence-corrected chi connectivity index (χ1v) is 5.57. The molecule has 1 amide bonds. The maximum Gasteiger partial charge on any atom is 0.227 e. The normalized spacial score (nSPS) is 15.6. The van der Waals surface area contributed by atoms with E-state index in [2.05, 4.69) is 0 Å². The van der Waals surface area contributed by atoms with Crippen LogP contribution in [0.4, 0.5) is 0 Å². The van der Waals surface area contributed by atoms with Crippen molar-refractivity contribution in [2.45, 2.75) is 12.8 Å². The van der Waals surface area contributed by atoms with Gasteiger partial charge in [-0.15, -0.1) is 0 Å². The van der Waals surface area contributed by atoms with Crippen LogP contribution in [-0.4, -0.2) is 29.7 Å². The zero-order valence-electron chi connectivity index (χ0n) is 8.78. The topological polar surface area (TPSA) is 37.4 Å². The van der Waals surface area contributed by atoms with Crippen molar-refractivity contribution in [3.8, 4) is 0 Å². The van der Waals surface area contributed by atoms with Crippen LogP contribution in [0, 0.1) is 0 Å². The van der Waals surface area contributed by atoms with Gasteiger partial charge < -0.3 is 4.90 Å². The fourth-order valence-electron chi connectivity index (χ4n) is 1.78. The molecule has 1 saturated heterocycles. The van der Waals surface area contributed by atoms with Gasteiger partial charge in [0.2, 0.25) is 5.91 Å². The molecule has 0 saturated carbocycles. The predicted molar refractivity (Wildman–Crippen MR) is 61.4 cm³/mol. The van der Waals surface area contributed by atoms with Gasteiger partial charge in [0.15, 0.2) is 5.78 Å². The second kappa shape index (κ2) is 4.66. The summed E-state index contributed by atoms with van der Waals surface area (Å²) in [6.07, 6.45) is 0.801. The molecule has 1 aromatic rings. The first kappa shape index (κ1) is 11.1. The number of hydrogen-bond donors (Lipinski definition) is 0. The van der Waals surface area contributed by atoms with E-state index >= 15 is 0 Å². The van der Waals surface area contributed by atoms with Crippen molar-refractivity contribution in [3.63, 3.8) is 0 Å². The second-order valence-corrected chi connectivity index (χ2v) is 4.35. The van der Waals surface area contributed by atoms with E-state index in [0.29, 0.717) is 24.4 Å². The number of carbonyl (C=O) groups is 2. The summed E-state index contributed by atoms with van der Waals surface area (Å²) >= 11 is 5.83. The van der Waals surface area contributed by atoms with Crippen molar-refractivity contribution in [1.82, 2.24) is 4.90 Å². The molecule has 0 N–H and O–H groups in total. The lowest BCUT2D eigenvalue weighted by molar-refractivity contribution is -0.131. The Labute approximate surface area is 99.0 Å². The summed E-state index contributed by atoms with van der Waals surface area (Å²) in [4.78, 5) is 24.5. The fraction of sp³-hybridized carbons (Fsp3) is 0.333. The molecular formula is C12H12ClNO2. The highest BCUT2D eigenvalue weighted by molar-refractivity contribution is 6.30. The van der Waals surface area contributed by atoms with Crippen LogP contribution in [-0.2, 0) is 16.0 Å². The van der Waals surface area contributed by atoms with Crippen molar-refractivity contribution >= 4 is 23.3 Å². The SMILES string of the molecule is O=C1CCN(C(=O)Cc2cccc(Cl)c2)C1. The van der Waals surface area contributed by atoms with Gasteiger partial charge in [0.1, 0.15) is 0 Å². The van der Waals surface area contributed by atoms with Crippen LogP contribution in [0.15, 0.2) is 24.3 Å². The van der Waals surface area contributed by atoms with Crippen LogP contribution in [0.2, 0.25) is 5.02 Å². The Morgan fingerprint density at radius 1 is 1.44 bits per heavy atom. The van der Waals surface area contributed by atoms with Crippen molar-refractivity contribution in [2.75, 3.05) is 13.1 Å². The van der Waals surface area contributed by atoms with Gasteiger partial charge in [-0.2, -0.15) is 0 Å². The highest BCUT2D eigenvalue weighted by atomic mass is 35.5. The van der Waals surface area contributed by atoms with Gasteiger partial charge in [0.05, 0.1) is 13.0 Å². The highest BCUT2D eigenvalue weighted by Gasteiger charge is 2.23. The quantitative estimate of drug-likeness (QED) is 0.785. The lowest BCUT2D eigenvalue weighted by Gasteiger charge is -2.14. The minimum atomic E-state index is -0.00637. The third kappa shape index (κ3) is 2.61. The maximum atomic E-state index is 11.8. The number of rotatable bonds is 2. The maximum absolute atomic E-state index is 11.8. The van der Waals surface area contributed by atoms with Crippen molar-refractivity contribution in [2.24, 2.45) is 0 Å². The Balaban J connectivity index is 1.99. The Bertz CT molecular complexity index is 431. The summed E-state index contributed by atoms with van der Waals surface area (Å²) in [5.41, 5.74) is 0.886. The fourth-order valence-corrected chi connectivity index (χ4v) is 1.99. The van der Waals surface area contributed by atoms with E-state index in [-0.39, 0.29) is 18.2 Å². The van der Waals surface area contributed by atoms with Crippen molar-refractivity contribution in [3.05, 3.63) is 34.9 Å². The van der Waals surface area contributed by atoms with E-state index in [0.717, 1.165) is 5.56 Å². The molecule has 1 fully saturated rings. The average Bonchev–Trinajstić information content (AvgIpc) is 2.65. The van der Waals surface area contributed by atoms with E-state index < -0.39 is 0 Å². The molecule has 16 heavy (non-hydrogen) atoms. The zero-order valence-corrected chi connectivity index (χ0v) is 9.54. The summed E-state index contributed by atoms with van der Waals surface area (Å²) in [6.45, 7) is 0.817. The van der Waals surface area contributed by atoms with E-state index in [9.17, 15) is 9.59 Å². The van der Waals surface area contributed by atoms with Gasteiger partial charge in [-0.25, -0.2) is 0 Å². The van der Waals surface area contributed by atoms with Gasteiger partial charge in [0, 0.05) is 18.0 Å². The number of Topliss-reactive ketones (excluding diaryl/α,β-unsaturated/α-hetero) is 1. The van der Waals surface area contributed by atoms with E-state index in [1.165, 1.54) is 0 Å². The number of likely N-dealkylation sites (tertiary alicyclic amines) is 1. The van der Waals surface area contributed by atoms with Crippen LogP contribution in [0.5, 0.6) is 0 Å². The first-order valence-electron chi connectivity index (χ1n) is 5.19. The van der Waals surface area contributed by atoms with Crippen molar-refractivity contribution < 1.29 is 9.59 Å². The first-order chi connectivity index (χ1) is 7.65. The minimum absolute atomic E-state index is 0.00637. The summed E-state index contributed by atoms with van der Waals surface area (Å²) < 4.78 is 0. The molecule has 1 heterocycles. The molecule has 0 radical (unpaired) electrons. The lowest BCUT2D eigenvalue weighted by Crippen LogP contribution is -2.30. The molecule has 1 aliphatic heterocycles. The standard InChI is InChI=1S/C12H12ClNO2/c13-10-3-1-2-9(6-10)7-12(16)14-5-4-11(15)8-14/h1-3,6H,4-5,7-8H2. The van der Waals surface area contributed by atoms with Crippen LogP contribution in [0.1, 0.15) is 12.0 Å². The van der Waals surface area contributed by atoms with Gasteiger partial charge in [-0.1, -0.05) is 23.7 Å². The summed E-state index contributed by atoms with van der Waals surface area (Å²) in [5.74, 6) is 0.132. The Morgan fingerprint density at radius 2 is 2.25 bits per heavy atom. The number of amides is 1. The van der Waals surface area contributed by atoms with Crippen molar-refractivity contribution in [1.29, 1.82) is 0 Å². The molecule has 1 aliphatic rings. The third-order valence-electron chi connectivity index (χ3n) is 2.62. The Hall–Kier alpha value is -1.35. The van der Waals surface area contributed by atoms with Gasteiger partial charge >= 0.3 is 0 Å². The second-order valence-electron chi connectivity index (χ2n) is 3.91. The number of hydrogen-bond acceptors (Lipinski definition) is 2. The van der Waals surface area contributed by atoms with Crippen LogP contribution in [0.3, 0.4) is 0 Å². The minimum Gasteiger partial charge on any atom is -0.335 e. The number of nitrogens with zero attached hydrogens (tertiary/aromatic N) is 1. The highest BCUT2D eigenvalue weighted by Crippen LogP contribution is 2.13. The number of benzene rings is 1. The largest absolute Gasteiger partial charge is 0.335 e. The monoisotopic (exact) mass is 237 g/mol. The molecule has 2 rings (SSSR count). The van der Waals surface area contributed by atoms with E-state index in [1.807, 2.05) is 12.1 Å². The number of halogens is 1. The molecule has 3 nitrogen and oxygen atoms in total. The number of ketones is 1. The summed E-state index contributed by atoms with van der Waals surface area (Å²) in [5, 5.41) is 0.628. The van der Waals surface area contributed by atoms with E-state index in [1.54, 1.807) is 17.0 Å². The molecule has 0 bridgehead atoms. The molecule has 1 aromatic carbocycles. The molecule has 0 aromatic heterocycles.